The fourth-order valence-electron chi connectivity index (χ4n) is 4.18. The Hall–Kier alpha value is -4.27. The molecule has 36 heavy (non-hydrogen) atoms. The van der Waals surface area contributed by atoms with E-state index in [0.29, 0.717) is 65.9 Å². The van der Waals surface area contributed by atoms with Gasteiger partial charge in [-0.3, -0.25) is 9.59 Å². The summed E-state index contributed by atoms with van der Waals surface area (Å²) < 4.78 is 15.9. The lowest BCUT2D eigenvalue weighted by molar-refractivity contribution is -0.120. The first kappa shape index (κ1) is 24.8. The van der Waals surface area contributed by atoms with E-state index in [1.54, 1.807) is 70.0 Å². The third-order valence-corrected chi connectivity index (χ3v) is 6.22. The van der Waals surface area contributed by atoms with Gasteiger partial charge in [-0.1, -0.05) is 12.1 Å². The van der Waals surface area contributed by atoms with Crippen molar-refractivity contribution in [1.29, 1.82) is 0 Å². The van der Waals surface area contributed by atoms with E-state index in [2.05, 4.69) is 20.5 Å². The van der Waals surface area contributed by atoms with Crippen molar-refractivity contribution in [3.8, 4) is 17.2 Å². The van der Waals surface area contributed by atoms with Gasteiger partial charge in [0.2, 0.25) is 5.91 Å². The molecule has 0 unspecified atom stereocenters. The number of aromatic nitrogens is 1. The van der Waals surface area contributed by atoms with Crippen molar-refractivity contribution in [2.75, 3.05) is 50.0 Å². The number of hydrogen-bond donors (Lipinski definition) is 2. The zero-order valence-electron chi connectivity index (χ0n) is 20.6. The van der Waals surface area contributed by atoms with E-state index < -0.39 is 0 Å². The number of carbonyl (C=O) groups is 2. The van der Waals surface area contributed by atoms with E-state index >= 15 is 0 Å². The van der Waals surface area contributed by atoms with Crippen molar-refractivity contribution in [2.24, 2.45) is 5.92 Å². The number of para-hydroxylation sites is 2. The molecule has 2 heterocycles. The molecule has 0 bridgehead atoms. The zero-order chi connectivity index (χ0) is 25.5. The summed E-state index contributed by atoms with van der Waals surface area (Å²) in [5.41, 5.74) is 1.71. The second-order valence-corrected chi connectivity index (χ2v) is 8.37. The number of methoxy groups -OCH3 is 3. The number of anilines is 3. The molecule has 2 amide bonds. The summed E-state index contributed by atoms with van der Waals surface area (Å²) in [4.78, 5) is 32.3. The van der Waals surface area contributed by atoms with Crippen LogP contribution < -0.4 is 29.7 Å². The molecule has 2 N–H and O–H groups in total. The first-order chi connectivity index (χ1) is 17.5. The van der Waals surface area contributed by atoms with Crippen LogP contribution in [0.4, 0.5) is 17.2 Å². The van der Waals surface area contributed by atoms with Gasteiger partial charge in [-0.25, -0.2) is 4.98 Å². The molecule has 1 aliphatic heterocycles. The molecule has 9 nitrogen and oxygen atoms in total. The number of rotatable bonds is 8. The lowest BCUT2D eigenvalue weighted by Crippen LogP contribution is -2.38. The van der Waals surface area contributed by atoms with Gasteiger partial charge >= 0.3 is 0 Å². The molecular weight excluding hydrogens is 460 g/mol. The number of ether oxygens (including phenoxy) is 3. The second-order valence-electron chi connectivity index (χ2n) is 8.37. The zero-order valence-corrected chi connectivity index (χ0v) is 20.6. The Morgan fingerprint density at radius 1 is 0.861 bits per heavy atom. The number of benzene rings is 2. The van der Waals surface area contributed by atoms with E-state index in [1.165, 1.54) is 0 Å². The Bertz CT molecular complexity index is 1220. The number of piperidine rings is 1. The van der Waals surface area contributed by atoms with Crippen molar-refractivity contribution < 1.29 is 23.8 Å². The quantitative estimate of drug-likeness (QED) is 0.488. The van der Waals surface area contributed by atoms with Crippen molar-refractivity contribution >= 4 is 29.0 Å². The first-order valence-electron chi connectivity index (χ1n) is 11.7. The topological polar surface area (TPSA) is 102 Å². The fraction of sp³-hybridized carbons (Fsp3) is 0.296. The van der Waals surface area contributed by atoms with Gasteiger partial charge in [0.05, 0.1) is 32.7 Å². The Labute approximate surface area is 210 Å². The summed E-state index contributed by atoms with van der Waals surface area (Å²) in [6.45, 7) is 1.31. The van der Waals surface area contributed by atoms with E-state index in [9.17, 15) is 9.59 Å². The van der Waals surface area contributed by atoms with Gasteiger partial charge < -0.3 is 29.7 Å². The Morgan fingerprint density at radius 3 is 2.31 bits per heavy atom. The SMILES string of the molecule is COc1ccc(NC(=O)C2CCN(c3cc(C(=O)Nc4ccccc4OC)ccn3)CC2)c(OC)c1. The molecule has 0 atom stereocenters. The Balaban J connectivity index is 1.36. The molecule has 188 valence electrons. The highest BCUT2D eigenvalue weighted by atomic mass is 16.5. The van der Waals surface area contributed by atoms with Gasteiger partial charge in [0.1, 0.15) is 23.1 Å². The molecule has 4 rings (SSSR count). The molecule has 2 aromatic carbocycles. The molecule has 9 heteroatoms. The third-order valence-electron chi connectivity index (χ3n) is 6.22. The van der Waals surface area contributed by atoms with Crippen LogP contribution >= 0.6 is 0 Å². The summed E-state index contributed by atoms with van der Waals surface area (Å²) in [6.07, 6.45) is 2.97. The lowest BCUT2D eigenvalue weighted by atomic mass is 9.95. The van der Waals surface area contributed by atoms with E-state index in [4.69, 9.17) is 14.2 Å². The van der Waals surface area contributed by atoms with Crippen LogP contribution in [0, 0.1) is 5.92 Å². The molecule has 0 radical (unpaired) electrons. The molecule has 0 spiro atoms. The van der Waals surface area contributed by atoms with Crippen LogP contribution in [-0.4, -0.2) is 51.2 Å². The highest BCUT2D eigenvalue weighted by Gasteiger charge is 2.26. The molecule has 1 aliphatic rings. The van der Waals surface area contributed by atoms with Crippen LogP contribution in [0.3, 0.4) is 0 Å². The van der Waals surface area contributed by atoms with Crippen LogP contribution in [0.25, 0.3) is 0 Å². The minimum atomic E-state index is -0.245. The molecule has 0 aliphatic carbocycles. The van der Waals surface area contributed by atoms with Crippen LogP contribution in [0.5, 0.6) is 17.2 Å². The number of amides is 2. The third kappa shape index (κ3) is 5.68. The average molecular weight is 491 g/mol. The number of pyridine rings is 1. The number of nitrogens with zero attached hydrogens (tertiary/aromatic N) is 2. The maximum atomic E-state index is 12.9. The minimum absolute atomic E-state index is 0.0454. The molecule has 1 fully saturated rings. The summed E-state index contributed by atoms with van der Waals surface area (Å²) in [5, 5.41) is 5.87. The van der Waals surface area contributed by atoms with Gasteiger partial charge in [-0.2, -0.15) is 0 Å². The van der Waals surface area contributed by atoms with Gasteiger partial charge in [0.25, 0.3) is 5.91 Å². The smallest absolute Gasteiger partial charge is 0.255 e. The highest BCUT2D eigenvalue weighted by Crippen LogP contribution is 2.31. The fourth-order valence-corrected chi connectivity index (χ4v) is 4.18. The lowest BCUT2D eigenvalue weighted by Gasteiger charge is -2.32. The summed E-state index contributed by atoms with van der Waals surface area (Å²) in [5.74, 6) is 2.08. The van der Waals surface area contributed by atoms with Crippen molar-refractivity contribution in [3.05, 3.63) is 66.4 Å². The van der Waals surface area contributed by atoms with Gasteiger partial charge in [0, 0.05) is 36.8 Å². The van der Waals surface area contributed by atoms with Crippen LogP contribution in [0.1, 0.15) is 23.2 Å². The minimum Gasteiger partial charge on any atom is -0.497 e. The Morgan fingerprint density at radius 2 is 1.58 bits per heavy atom. The normalized spacial score (nSPS) is 13.6. The summed E-state index contributed by atoms with van der Waals surface area (Å²) in [6, 6.07) is 16.0. The number of carbonyl (C=O) groups excluding carboxylic acids is 2. The number of nitrogens with one attached hydrogen (secondary N) is 2. The van der Waals surface area contributed by atoms with Crippen molar-refractivity contribution in [3.63, 3.8) is 0 Å². The molecule has 1 saturated heterocycles. The molecule has 3 aromatic rings. The van der Waals surface area contributed by atoms with Gasteiger partial charge in [-0.15, -0.1) is 0 Å². The standard InChI is InChI=1S/C27H30N4O5/c1-34-20-8-9-22(24(17-20)36-3)30-26(32)18-11-14-31(15-12-18)25-16-19(10-13-28-25)27(33)29-21-6-4-5-7-23(21)35-2/h4-10,13,16-18H,11-12,14-15H2,1-3H3,(H,29,33)(H,30,32). The van der Waals surface area contributed by atoms with E-state index in [0.717, 1.165) is 0 Å². The van der Waals surface area contributed by atoms with Crippen LogP contribution in [0.2, 0.25) is 0 Å². The molecule has 0 saturated carbocycles. The van der Waals surface area contributed by atoms with Gasteiger partial charge in [-0.05, 0) is 49.2 Å². The van der Waals surface area contributed by atoms with Crippen molar-refractivity contribution in [2.45, 2.75) is 12.8 Å². The maximum absolute atomic E-state index is 12.9. The van der Waals surface area contributed by atoms with Crippen LogP contribution in [-0.2, 0) is 4.79 Å². The monoisotopic (exact) mass is 490 g/mol. The largest absolute Gasteiger partial charge is 0.497 e. The highest BCUT2D eigenvalue weighted by molar-refractivity contribution is 6.05. The predicted molar refractivity (Wildman–Crippen MR) is 138 cm³/mol. The molecular formula is C27H30N4O5. The van der Waals surface area contributed by atoms with Gasteiger partial charge in [0.15, 0.2) is 0 Å². The maximum Gasteiger partial charge on any atom is 0.255 e. The van der Waals surface area contributed by atoms with E-state index in [1.807, 2.05) is 12.1 Å². The van der Waals surface area contributed by atoms with Crippen LogP contribution in [0.15, 0.2) is 60.8 Å². The summed E-state index contributed by atoms with van der Waals surface area (Å²) in [7, 11) is 4.70. The average Bonchev–Trinajstić information content (AvgIpc) is 2.93. The number of hydrogen-bond acceptors (Lipinski definition) is 7. The predicted octanol–water partition coefficient (Wildman–Crippen LogP) is 4.21. The second kappa shape index (κ2) is 11.4. The Kier molecular flexibility index (Phi) is 7.89. The first-order valence-corrected chi connectivity index (χ1v) is 11.7. The molecule has 1 aromatic heterocycles. The summed E-state index contributed by atoms with van der Waals surface area (Å²) >= 11 is 0. The van der Waals surface area contributed by atoms with Crippen molar-refractivity contribution in [1.82, 2.24) is 4.98 Å². The van der Waals surface area contributed by atoms with E-state index in [-0.39, 0.29) is 17.7 Å².